The Hall–Kier alpha value is -3.15. The van der Waals surface area contributed by atoms with Crippen molar-refractivity contribution in [2.45, 2.75) is 24.3 Å². The molecule has 0 saturated heterocycles. The maximum Gasteiger partial charge on any atom is 0.266 e. The van der Waals surface area contributed by atoms with Crippen LogP contribution in [0.2, 0.25) is 0 Å². The van der Waals surface area contributed by atoms with Crippen LogP contribution in [0.3, 0.4) is 0 Å². The molecular weight excluding hydrogens is 510 g/mol. The molecule has 1 atom stereocenters. The highest BCUT2D eigenvalue weighted by atomic mass is 32.2. The van der Waals surface area contributed by atoms with E-state index in [2.05, 4.69) is 16.6 Å². The normalized spacial score (nSPS) is 12.4. The van der Waals surface area contributed by atoms with Crippen LogP contribution >= 0.6 is 0 Å². The van der Waals surface area contributed by atoms with Gasteiger partial charge in [-0.05, 0) is 55.3 Å². The van der Waals surface area contributed by atoms with E-state index in [0.717, 1.165) is 10.6 Å². The van der Waals surface area contributed by atoms with Crippen LogP contribution in [0.1, 0.15) is 24.9 Å². The highest BCUT2D eigenvalue weighted by Crippen LogP contribution is 2.28. The number of hydrogen-bond acceptors (Lipinski definition) is 8. The molecule has 2 aromatic rings. The van der Waals surface area contributed by atoms with Crippen LogP contribution in [0.5, 0.6) is 11.5 Å². The van der Waals surface area contributed by atoms with Crippen LogP contribution in [-0.2, 0) is 24.8 Å². The van der Waals surface area contributed by atoms with Crippen molar-refractivity contribution in [3.05, 3.63) is 54.1 Å². The molecule has 13 heteroatoms. The number of carbonyl (C=O) groups excluding carboxylic acids is 1. The predicted molar refractivity (Wildman–Crippen MR) is 132 cm³/mol. The Morgan fingerprint density at radius 3 is 2.17 bits per heavy atom. The standard InChI is InChI=1S/C23H29N3O8S2/c1-4-5-16-33-20-11-13-21(14-12-20)36(31,32)26(2)22(23(27)25-28)18-7-9-19(10-8-18)34-17-6-15-24-35(3,29)30/h7-14,22,24,28H,6,15-17H2,1-3H3,(H,25,27). The van der Waals surface area contributed by atoms with Crippen molar-refractivity contribution in [3.63, 3.8) is 0 Å². The molecule has 0 radical (unpaired) electrons. The fourth-order valence-corrected chi connectivity index (χ4v) is 4.88. The summed E-state index contributed by atoms with van der Waals surface area (Å²) in [5, 5.41) is 9.25. The second-order valence-electron chi connectivity index (χ2n) is 7.52. The van der Waals surface area contributed by atoms with Crippen LogP contribution in [0, 0.1) is 11.8 Å². The number of hydrogen-bond donors (Lipinski definition) is 3. The average molecular weight is 540 g/mol. The summed E-state index contributed by atoms with van der Waals surface area (Å²) in [6.45, 7) is 2.30. The summed E-state index contributed by atoms with van der Waals surface area (Å²) < 4.78 is 62.7. The van der Waals surface area contributed by atoms with E-state index in [-0.39, 0.29) is 30.2 Å². The van der Waals surface area contributed by atoms with Crippen molar-refractivity contribution >= 4 is 26.0 Å². The first-order valence-corrected chi connectivity index (χ1v) is 14.0. The fraction of sp³-hybridized carbons (Fsp3) is 0.348. The molecule has 0 spiro atoms. The Morgan fingerprint density at radius 2 is 1.61 bits per heavy atom. The highest BCUT2D eigenvalue weighted by molar-refractivity contribution is 7.89. The van der Waals surface area contributed by atoms with E-state index < -0.39 is 32.0 Å². The zero-order chi connectivity index (χ0) is 26.8. The number of rotatable bonds is 13. The van der Waals surface area contributed by atoms with E-state index in [4.69, 9.17) is 9.47 Å². The fourth-order valence-electron chi connectivity index (χ4n) is 3.06. The van der Waals surface area contributed by atoms with Crippen LogP contribution in [-0.4, -0.2) is 65.3 Å². The second kappa shape index (κ2) is 13.2. The van der Waals surface area contributed by atoms with Gasteiger partial charge in [-0.15, -0.1) is 5.92 Å². The van der Waals surface area contributed by atoms with Gasteiger partial charge in [0, 0.05) is 13.6 Å². The maximum absolute atomic E-state index is 13.2. The van der Waals surface area contributed by atoms with Crippen LogP contribution in [0.15, 0.2) is 53.4 Å². The van der Waals surface area contributed by atoms with Gasteiger partial charge in [0.05, 0.1) is 17.8 Å². The van der Waals surface area contributed by atoms with Gasteiger partial charge in [0.2, 0.25) is 20.0 Å². The molecule has 1 amide bonds. The molecule has 0 aromatic heterocycles. The number of sulfonamides is 2. The molecule has 2 rings (SSSR count). The van der Waals surface area contributed by atoms with Crippen molar-refractivity contribution in [2.75, 3.05) is 33.1 Å². The maximum atomic E-state index is 13.2. The van der Waals surface area contributed by atoms with E-state index in [0.29, 0.717) is 17.9 Å². The molecule has 36 heavy (non-hydrogen) atoms. The molecule has 0 heterocycles. The number of amides is 1. The van der Waals surface area contributed by atoms with Crippen LogP contribution < -0.4 is 19.7 Å². The molecule has 3 N–H and O–H groups in total. The molecule has 1 unspecified atom stereocenters. The minimum Gasteiger partial charge on any atom is -0.494 e. The van der Waals surface area contributed by atoms with Crippen LogP contribution in [0.4, 0.5) is 0 Å². The van der Waals surface area contributed by atoms with Gasteiger partial charge in [0.15, 0.2) is 0 Å². The zero-order valence-electron chi connectivity index (χ0n) is 20.1. The number of hydroxylamine groups is 1. The summed E-state index contributed by atoms with van der Waals surface area (Å²) in [5.41, 5.74) is 1.80. The monoisotopic (exact) mass is 539 g/mol. The Kier molecular flexibility index (Phi) is 10.7. The number of benzene rings is 2. The predicted octanol–water partition coefficient (Wildman–Crippen LogP) is 1.27. The van der Waals surface area contributed by atoms with Gasteiger partial charge in [-0.3, -0.25) is 10.0 Å². The Balaban J connectivity index is 2.15. The van der Waals surface area contributed by atoms with Crippen molar-refractivity contribution in [3.8, 4) is 23.3 Å². The van der Waals surface area contributed by atoms with E-state index in [1.165, 1.54) is 48.9 Å². The van der Waals surface area contributed by atoms with E-state index in [9.17, 15) is 26.8 Å². The van der Waals surface area contributed by atoms with Gasteiger partial charge >= 0.3 is 0 Å². The third kappa shape index (κ3) is 8.51. The average Bonchev–Trinajstić information content (AvgIpc) is 2.84. The first-order chi connectivity index (χ1) is 17.0. The first kappa shape index (κ1) is 29.1. The Morgan fingerprint density at radius 1 is 1.03 bits per heavy atom. The Labute approximate surface area is 211 Å². The summed E-state index contributed by atoms with van der Waals surface area (Å²) in [4.78, 5) is 12.4. The molecular formula is C23H29N3O8S2. The molecule has 2 aromatic carbocycles. The van der Waals surface area contributed by atoms with E-state index in [1.807, 2.05) is 0 Å². The van der Waals surface area contributed by atoms with Gasteiger partial charge in [-0.2, -0.15) is 4.31 Å². The van der Waals surface area contributed by atoms with Crippen molar-refractivity contribution in [1.29, 1.82) is 0 Å². The van der Waals surface area contributed by atoms with Gasteiger partial charge in [0.25, 0.3) is 5.91 Å². The molecule has 0 bridgehead atoms. The van der Waals surface area contributed by atoms with Crippen molar-refractivity contribution in [2.24, 2.45) is 0 Å². The minimum atomic E-state index is -4.14. The van der Waals surface area contributed by atoms with Crippen molar-refractivity contribution in [1.82, 2.24) is 14.5 Å². The summed E-state index contributed by atoms with van der Waals surface area (Å²) in [6.07, 6.45) is 1.50. The number of carbonyl (C=O) groups is 1. The molecule has 0 aliphatic rings. The lowest BCUT2D eigenvalue weighted by atomic mass is 10.1. The van der Waals surface area contributed by atoms with Gasteiger partial charge < -0.3 is 9.47 Å². The molecule has 0 aliphatic heterocycles. The molecule has 0 aliphatic carbocycles. The first-order valence-electron chi connectivity index (χ1n) is 10.7. The molecule has 0 fully saturated rings. The lowest BCUT2D eigenvalue weighted by Crippen LogP contribution is -2.40. The molecule has 0 saturated carbocycles. The summed E-state index contributed by atoms with van der Waals surface area (Å²) in [5.74, 6) is 5.36. The quantitative estimate of drug-likeness (QED) is 0.149. The Bertz CT molecular complexity index is 1280. The van der Waals surface area contributed by atoms with Gasteiger partial charge in [0.1, 0.15) is 24.1 Å². The molecule has 11 nitrogen and oxygen atoms in total. The third-order valence-electron chi connectivity index (χ3n) is 4.86. The smallest absolute Gasteiger partial charge is 0.266 e. The lowest BCUT2D eigenvalue weighted by molar-refractivity contribution is -0.133. The summed E-state index contributed by atoms with van der Waals surface area (Å²) in [6, 6.07) is 10.4. The highest BCUT2D eigenvalue weighted by Gasteiger charge is 2.34. The number of nitrogens with one attached hydrogen (secondary N) is 2. The largest absolute Gasteiger partial charge is 0.494 e. The summed E-state index contributed by atoms with van der Waals surface area (Å²) in [7, 11) is -6.18. The third-order valence-corrected chi connectivity index (χ3v) is 7.43. The topological polar surface area (TPSA) is 151 Å². The second-order valence-corrected chi connectivity index (χ2v) is 11.4. The number of likely N-dealkylation sites (N-methyl/N-ethyl adjacent to an activating group) is 1. The van der Waals surface area contributed by atoms with Gasteiger partial charge in [-0.1, -0.05) is 18.1 Å². The van der Waals surface area contributed by atoms with E-state index in [1.54, 1.807) is 19.1 Å². The summed E-state index contributed by atoms with van der Waals surface area (Å²) >= 11 is 0. The van der Waals surface area contributed by atoms with Gasteiger partial charge in [-0.25, -0.2) is 27.0 Å². The molecule has 196 valence electrons. The number of nitrogens with zero attached hydrogens (tertiary/aromatic N) is 1. The van der Waals surface area contributed by atoms with E-state index >= 15 is 0 Å². The van der Waals surface area contributed by atoms with Crippen molar-refractivity contribution < 1.29 is 36.3 Å². The van der Waals surface area contributed by atoms with Crippen LogP contribution in [0.25, 0.3) is 0 Å². The lowest BCUT2D eigenvalue weighted by Gasteiger charge is -2.26. The zero-order valence-corrected chi connectivity index (χ0v) is 21.7. The minimum absolute atomic E-state index is 0.0719. The SMILES string of the molecule is CC#CCOc1ccc(S(=O)(=O)N(C)C(C(=O)NO)c2ccc(OCCCNS(C)(=O)=O)cc2)cc1. The number of ether oxygens (including phenoxy) is 2.